The molecule has 0 spiro atoms. The van der Waals surface area contributed by atoms with Gasteiger partial charge in [0.05, 0.1) is 19.4 Å². The molecule has 0 aliphatic carbocycles. The number of carbonyl (C=O) groups is 2. The molecular formula is C25H27N3O4S. The first kappa shape index (κ1) is 24.0. The molecular weight excluding hydrogens is 438 g/mol. The van der Waals surface area contributed by atoms with Crippen molar-refractivity contribution in [2.75, 3.05) is 11.9 Å². The number of hydrogen-bond donors (Lipinski definition) is 3. The molecule has 0 aliphatic rings. The molecule has 2 amide bonds. The SMILES string of the molecule is CCCCCOc1ccc(C(=O)NC(=S)Nc2cccc(C(=O)NCc3ccco3)c2)cc1. The van der Waals surface area contributed by atoms with E-state index in [1.165, 1.54) is 0 Å². The van der Waals surface area contributed by atoms with E-state index in [0.29, 0.717) is 35.7 Å². The van der Waals surface area contributed by atoms with Gasteiger partial charge in [0.2, 0.25) is 0 Å². The van der Waals surface area contributed by atoms with Crippen LogP contribution in [0.25, 0.3) is 0 Å². The lowest BCUT2D eigenvalue weighted by Gasteiger charge is -2.11. The summed E-state index contributed by atoms with van der Waals surface area (Å²) in [7, 11) is 0. The summed E-state index contributed by atoms with van der Waals surface area (Å²) in [5, 5.41) is 8.50. The van der Waals surface area contributed by atoms with Crippen molar-refractivity contribution in [2.24, 2.45) is 0 Å². The normalized spacial score (nSPS) is 10.3. The van der Waals surface area contributed by atoms with Crippen molar-refractivity contribution in [3.63, 3.8) is 0 Å². The van der Waals surface area contributed by atoms with Crippen LogP contribution in [0.4, 0.5) is 5.69 Å². The highest BCUT2D eigenvalue weighted by molar-refractivity contribution is 7.80. The van der Waals surface area contributed by atoms with Crippen molar-refractivity contribution in [1.29, 1.82) is 0 Å². The van der Waals surface area contributed by atoms with E-state index in [1.54, 1.807) is 66.9 Å². The van der Waals surface area contributed by atoms with Crippen LogP contribution in [-0.4, -0.2) is 23.5 Å². The molecule has 0 saturated heterocycles. The van der Waals surface area contributed by atoms with Crippen LogP contribution in [0.5, 0.6) is 5.75 Å². The maximum Gasteiger partial charge on any atom is 0.257 e. The van der Waals surface area contributed by atoms with Crippen molar-refractivity contribution in [3.05, 3.63) is 83.8 Å². The van der Waals surface area contributed by atoms with Crippen LogP contribution in [0.15, 0.2) is 71.3 Å². The number of benzene rings is 2. The minimum Gasteiger partial charge on any atom is -0.494 e. The summed E-state index contributed by atoms with van der Waals surface area (Å²) < 4.78 is 10.9. The second-order valence-corrected chi connectivity index (χ2v) is 7.74. The van der Waals surface area contributed by atoms with Crippen LogP contribution in [0.3, 0.4) is 0 Å². The Bertz CT molecular complexity index is 1070. The smallest absolute Gasteiger partial charge is 0.257 e. The summed E-state index contributed by atoms with van der Waals surface area (Å²) in [4.78, 5) is 24.8. The summed E-state index contributed by atoms with van der Waals surface area (Å²) in [6, 6.07) is 17.3. The zero-order chi connectivity index (χ0) is 23.5. The van der Waals surface area contributed by atoms with E-state index >= 15 is 0 Å². The van der Waals surface area contributed by atoms with Gasteiger partial charge in [-0.05, 0) is 73.2 Å². The fourth-order valence-electron chi connectivity index (χ4n) is 3.00. The van der Waals surface area contributed by atoms with Gasteiger partial charge in [0.15, 0.2) is 5.11 Å². The molecule has 0 radical (unpaired) electrons. The number of thiocarbonyl (C=S) groups is 1. The van der Waals surface area contributed by atoms with Gasteiger partial charge in [-0.15, -0.1) is 0 Å². The minimum atomic E-state index is -0.336. The Labute approximate surface area is 198 Å². The standard InChI is InChI=1S/C25H27N3O4S/c1-2-3-4-14-31-21-12-10-18(11-13-21)24(30)28-25(33)27-20-8-5-7-19(16-20)23(29)26-17-22-9-6-15-32-22/h5-13,15-16H,2-4,14,17H2,1H3,(H,26,29)(H2,27,28,30,33). The first-order valence-corrected chi connectivity index (χ1v) is 11.2. The van der Waals surface area contributed by atoms with Gasteiger partial charge < -0.3 is 19.8 Å². The zero-order valence-corrected chi connectivity index (χ0v) is 19.2. The van der Waals surface area contributed by atoms with E-state index in [-0.39, 0.29) is 16.9 Å². The number of furan rings is 1. The van der Waals surface area contributed by atoms with Gasteiger partial charge in [0.1, 0.15) is 11.5 Å². The second kappa shape index (κ2) is 12.4. The zero-order valence-electron chi connectivity index (χ0n) is 18.4. The van der Waals surface area contributed by atoms with Gasteiger partial charge in [0, 0.05) is 16.8 Å². The molecule has 1 aromatic heterocycles. The van der Waals surface area contributed by atoms with Crippen LogP contribution in [-0.2, 0) is 6.54 Å². The van der Waals surface area contributed by atoms with E-state index in [1.807, 2.05) is 0 Å². The number of carbonyl (C=O) groups excluding carboxylic acids is 2. The fourth-order valence-corrected chi connectivity index (χ4v) is 3.21. The van der Waals surface area contributed by atoms with Crippen LogP contribution in [0.2, 0.25) is 0 Å². The summed E-state index contributed by atoms with van der Waals surface area (Å²) in [6.45, 7) is 3.10. The molecule has 0 unspecified atom stereocenters. The number of amides is 2. The maximum atomic E-state index is 12.5. The predicted molar refractivity (Wildman–Crippen MR) is 131 cm³/mol. The molecule has 0 bridgehead atoms. The van der Waals surface area contributed by atoms with Gasteiger partial charge in [0.25, 0.3) is 11.8 Å². The van der Waals surface area contributed by atoms with E-state index in [9.17, 15) is 9.59 Å². The number of anilines is 1. The second-order valence-electron chi connectivity index (χ2n) is 7.33. The monoisotopic (exact) mass is 465 g/mol. The molecule has 7 nitrogen and oxygen atoms in total. The first-order valence-electron chi connectivity index (χ1n) is 10.8. The molecule has 0 saturated carbocycles. The highest BCUT2D eigenvalue weighted by atomic mass is 32.1. The Balaban J connectivity index is 1.49. The van der Waals surface area contributed by atoms with Gasteiger partial charge in [-0.1, -0.05) is 25.8 Å². The highest BCUT2D eigenvalue weighted by Crippen LogP contribution is 2.14. The lowest BCUT2D eigenvalue weighted by Crippen LogP contribution is -2.34. The first-order chi connectivity index (χ1) is 16.0. The van der Waals surface area contributed by atoms with Gasteiger partial charge in [-0.3, -0.25) is 14.9 Å². The molecule has 0 fully saturated rings. The molecule has 2 aromatic carbocycles. The average molecular weight is 466 g/mol. The third-order valence-corrected chi connectivity index (χ3v) is 4.95. The Kier molecular flexibility index (Phi) is 9.02. The van der Waals surface area contributed by atoms with Gasteiger partial charge in [-0.2, -0.15) is 0 Å². The molecule has 33 heavy (non-hydrogen) atoms. The molecule has 1 heterocycles. The van der Waals surface area contributed by atoms with E-state index in [4.69, 9.17) is 21.4 Å². The number of unbranched alkanes of at least 4 members (excludes halogenated alkanes) is 2. The van der Waals surface area contributed by atoms with Crippen LogP contribution < -0.4 is 20.7 Å². The Hall–Kier alpha value is -3.65. The van der Waals surface area contributed by atoms with Gasteiger partial charge >= 0.3 is 0 Å². The lowest BCUT2D eigenvalue weighted by molar-refractivity contribution is 0.0946. The highest BCUT2D eigenvalue weighted by Gasteiger charge is 2.10. The van der Waals surface area contributed by atoms with E-state index < -0.39 is 0 Å². The van der Waals surface area contributed by atoms with Gasteiger partial charge in [-0.25, -0.2) is 0 Å². The molecule has 172 valence electrons. The van der Waals surface area contributed by atoms with Crippen LogP contribution in [0.1, 0.15) is 52.7 Å². The number of rotatable bonds is 10. The summed E-state index contributed by atoms with van der Waals surface area (Å²) >= 11 is 5.25. The number of nitrogens with one attached hydrogen (secondary N) is 3. The van der Waals surface area contributed by atoms with Crippen molar-refractivity contribution in [1.82, 2.24) is 10.6 Å². The number of ether oxygens (including phenoxy) is 1. The minimum absolute atomic E-state index is 0.132. The van der Waals surface area contributed by atoms with Crippen molar-refractivity contribution >= 4 is 34.8 Å². The fraction of sp³-hybridized carbons (Fsp3) is 0.240. The third-order valence-electron chi connectivity index (χ3n) is 4.75. The third kappa shape index (κ3) is 7.76. The van der Waals surface area contributed by atoms with Crippen molar-refractivity contribution < 1.29 is 18.7 Å². The summed E-state index contributed by atoms with van der Waals surface area (Å²) in [5.41, 5.74) is 1.50. The molecule has 8 heteroatoms. The van der Waals surface area contributed by atoms with Crippen LogP contribution >= 0.6 is 12.2 Å². The van der Waals surface area contributed by atoms with Crippen molar-refractivity contribution in [2.45, 2.75) is 32.7 Å². The average Bonchev–Trinajstić information content (AvgIpc) is 3.34. The molecule has 0 atom stereocenters. The number of hydrogen-bond acceptors (Lipinski definition) is 5. The van der Waals surface area contributed by atoms with E-state index in [0.717, 1.165) is 25.0 Å². The van der Waals surface area contributed by atoms with E-state index in [2.05, 4.69) is 22.9 Å². The molecule has 3 rings (SSSR count). The molecule has 0 aliphatic heterocycles. The predicted octanol–water partition coefficient (Wildman–Crippen LogP) is 4.91. The Morgan fingerprint density at radius 2 is 1.79 bits per heavy atom. The Morgan fingerprint density at radius 1 is 0.970 bits per heavy atom. The Morgan fingerprint density at radius 3 is 2.52 bits per heavy atom. The molecule has 3 aromatic rings. The topological polar surface area (TPSA) is 92.6 Å². The van der Waals surface area contributed by atoms with Crippen molar-refractivity contribution in [3.8, 4) is 5.75 Å². The van der Waals surface area contributed by atoms with Crippen LogP contribution in [0, 0.1) is 0 Å². The quantitative estimate of drug-likeness (QED) is 0.291. The summed E-state index contributed by atoms with van der Waals surface area (Å²) in [5.74, 6) is 0.808. The summed E-state index contributed by atoms with van der Waals surface area (Å²) in [6.07, 6.45) is 4.83. The largest absolute Gasteiger partial charge is 0.494 e. The lowest BCUT2D eigenvalue weighted by atomic mass is 10.2. The molecule has 3 N–H and O–H groups in total. The maximum absolute atomic E-state index is 12.5.